The summed E-state index contributed by atoms with van der Waals surface area (Å²) in [7, 11) is 0. The van der Waals surface area contributed by atoms with Crippen LogP contribution in [0.2, 0.25) is 0 Å². The van der Waals surface area contributed by atoms with E-state index in [0.717, 1.165) is 56.1 Å². The van der Waals surface area contributed by atoms with Gasteiger partial charge in [0.1, 0.15) is 6.10 Å². The predicted molar refractivity (Wildman–Crippen MR) is 174 cm³/mol. The van der Waals surface area contributed by atoms with E-state index in [1.54, 1.807) is 13.8 Å². The maximum atomic E-state index is 14.1. The average Bonchev–Trinajstić information content (AvgIpc) is 3.59. The van der Waals surface area contributed by atoms with Crippen LogP contribution in [0.5, 0.6) is 0 Å². The van der Waals surface area contributed by atoms with Gasteiger partial charge in [-0.25, -0.2) is 0 Å². The number of hydrogen-bond acceptors (Lipinski definition) is 8. The molecule has 3 N–H and O–H groups in total. The summed E-state index contributed by atoms with van der Waals surface area (Å²) < 4.78 is 6.10. The van der Waals surface area contributed by atoms with E-state index < -0.39 is 22.8 Å². The van der Waals surface area contributed by atoms with Crippen LogP contribution in [-0.4, -0.2) is 55.5 Å². The van der Waals surface area contributed by atoms with Gasteiger partial charge in [-0.15, -0.1) is 5.10 Å². The number of carbonyl (C=O) groups excluding carboxylic acids is 3. The third kappa shape index (κ3) is 5.07. The molecule has 47 heavy (non-hydrogen) atoms. The number of carbonyl (C=O) groups is 4. The van der Waals surface area contributed by atoms with Crippen LogP contribution in [0.15, 0.2) is 11.1 Å². The third-order valence-electron chi connectivity index (χ3n) is 14.0. The van der Waals surface area contributed by atoms with Crippen LogP contribution in [0.1, 0.15) is 120 Å². The van der Waals surface area contributed by atoms with Crippen molar-refractivity contribution < 1.29 is 29.0 Å². The number of H-pyrrole nitrogens is 1. The maximum Gasteiger partial charge on any atom is 0.309 e. The Balaban J connectivity index is 1.27. The molecule has 1 aromatic heterocycles. The van der Waals surface area contributed by atoms with Crippen LogP contribution in [-0.2, 0) is 23.9 Å². The maximum absolute atomic E-state index is 14.1. The van der Waals surface area contributed by atoms with E-state index in [2.05, 4.69) is 67.5 Å². The van der Waals surface area contributed by atoms with E-state index in [4.69, 9.17) is 4.74 Å². The number of aliphatic carboxylic acids is 1. The zero-order valence-electron chi connectivity index (χ0n) is 29.4. The minimum Gasteiger partial charge on any atom is -0.481 e. The first-order chi connectivity index (χ1) is 21.9. The number of rotatable bonds is 7. The number of carboxylic acid groups (broad SMARTS) is 1. The van der Waals surface area contributed by atoms with Crippen molar-refractivity contribution in [2.45, 2.75) is 126 Å². The molecule has 4 fully saturated rings. The number of allylic oxidation sites excluding steroid dienone is 1. The zero-order chi connectivity index (χ0) is 34.3. The van der Waals surface area contributed by atoms with Gasteiger partial charge in [-0.2, -0.15) is 5.21 Å². The topological polar surface area (TPSA) is 164 Å². The minimum atomic E-state index is -1.17. The van der Waals surface area contributed by atoms with Gasteiger partial charge in [-0.3, -0.25) is 24.5 Å². The van der Waals surface area contributed by atoms with Crippen LogP contribution >= 0.6 is 0 Å². The van der Waals surface area contributed by atoms with Gasteiger partial charge in [0.05, 0.1) is 17.3 Å². The third-order valence-corrected chi connectivity index (χ3v) is 14.0. The number of fused-ring (bicyclic) bond motifs is 7. The number of ketones is 1. The number of aromatic amines is 1. The number of ether oxygens (including phenoxy) is 1. The minimum absolute atomic E-state index is 0.0368. The number of carboxylic acids is 1. The van der Waals surface area contributed by atoms with Crippen molar-refractivity contribution in [3.63, 3.8) is 0 Å². The van der Waals surface area contributed by atoms with Crippen molar-refractivity contribution in [3.05, 3.63) is 11.1 Å². The Kier molecular flexibility index (Phi) is 8.07. The first kappa shape index (κ1) is 33.8. The number of tetrazole rings is 1. The van der Waals surface area contributed by atoms with Crippen molar-refractivity contribution in [2.75, 3.05) is 5.32 Å². The van der Waals surface area contributed by atoms with Gasteiger partial charge in [0, 0.05) is 11.8 Å². The number of hydrogen-bond donors (Lipinski definition) is 3. The molecule has 5 aliphatic rings. The van der Waals surface area contributed by atoms with Crippen molar-refractivity contribution in [1.29, 1.82) is 0 Å². The fourth-order valence-electron chi connectivity index (χ4n) is 11.8. The molecular formula is C36H53N5O6. The molecule has 0 saturated heterocycles. The van der Waals surface area contributed by atoms with Crippen molar-refractivity contribution in [3.8, 4) is 0 Å². The van der Waals surface area contributed by atoms with Crippen molar-refractivity contribution in [2.24, 2.45) is 56.7 Å². The lowest BCUT2D eigenvalue weighted by Gasteiger charge is -2.68. The van der Waals surface area contributed by atoms with Crippen LogP contribution in [0.25, 0.3) is 0 Å². The van der Waals surface area contributed by atoms with Gasteiger partial charge >= 0.3 is 11.9 Å². The Labute approximate surface area is 277 Å². The van der Waals surface area contributed by atoms with Crippen LogP contribution in [0.3, 0.4) is 0 Å². The molecule has 0 bridgehead atoms. The highest BCUT2D eigenvalue weighted by molar-refractivity contribution is 6.09. The molecule has 4 saturated carbocycles. The number of Topliss-reactive ketones (excluding diaryl/α,β-unsaturated/α-hetero) is 1. The van der Waals surface area contributed by atoms with Crippen LogP contribution < -0.4 is 5.32 Å². The van der Waals surface area contributed by atoms with Gasteiger partial charge in [0.25, 0.3) is 5.95 Å². The number of anilines is 1. The molecule has 5 unspecified atom stereocenters. The van der Waals surface area contributed by atoms with Crippen molar-refractivity contribution in [1.82, 2.24) is 20.6 Å². The second-order valence-electron chi connectivity index (χ2n) is 17.5. The standard InChI is InChI=1S/C36H53N5O6/c1-19(2)27-22(42)17-36(29(44)37-31-38-40-41-39-31)16-11-21-20(28(27)36)9-10-24-34(21,7)14-12-23-33(5,6)25(13-15-35(23,24)8)47-26(43)18-32(3,4)30(45)46/h19-21,23-25H,9-18H2,1-8H3,(H,45,46)(H2,37,38,39,40,41,44)/t20?,21?,23?,24?,25-,34-,35-,36?/m0/s1. The van der Waals surface area contributed by atoms with Gasteiger partial charge in [-0.1, -0.05) is 46.6 Å². The summed E-state index contributed by atoms with van der Waals surface area (Å²) in [6.45, 7) is 16.7. The number of nitrogens with one attached hydrogen (secondary N) is 2. The molecule has 8 atom stereocenters. The second-order valence-corrected chi connectivity index (χ2v) is 17.5. The van der Waals surface area contributed by atoms with E-state index >= 15 is 0 Å². The Morgan fingerprint density at radius 3 is 2.34 bits per heavy atom. The molecule has 1 amide bonds. The predicted octanol–water partition coefficient (Wildman–Crippen LogP) is 6.14. The zero-order valence-corrected chi connectivity index (χ0v) is 29.4. The summed E-state index contributed by atoms with van der Waals surface area (Å²) in [5, 5.41) is 26.3. The fourth-order valence-corrected chi connectivity index (χ4v) is 11.8. The monoisotopic (exact) mass is 651 g/mol. The summed E-state index contributed by atoms with van der Waals surface area (Å²) in [5.74, 6) is 0.00628. The van der Waals surface area contributed by atoms with Gasteiger partial charge in [-0.05, 0) is 122 Å². The Morgan fingerprint density at radius 1 is 1.00 bits per heavy atom. The molecular weight excluding hydrogens is 598 g/mol. The molecule has 258 valence electrons. The van der Waals surface area contributed by atoms with E-state index in [9.17, 15) is 24.3 Å². The number of amides is 1. The first-order valence-electron chi connectivity index (χ1n) is 17.6. The molecule has 1 aromatic rings. The molecule has 6 rings (SSSR count). The Morgan fingerprint density at radius 2 is 1.70 bits per heavy atom. The van der Waals surface area contributed by atoms with E-state index in [1.807, 2.05) is 0 Å². The summed E-state index contributed by atoms with van der Waals surface area (Å²) in [4.78, 5) is 52.4. The van der Waals surface area contributed by atoms with Crippen molar-refractivity contribution >= 4 is 29.6 Å². The fraction of sp³-hybridized carbons (Fsp3) is 0.806. The molecule has 1 heterocycles. The van der Waals surface area contributed by atoms with E-state index in [-0.39, 0.29) is 64.7 Å². The van der Waals surface area contributed by atoms with Crippen LogP contribution in [0, 0.1) is 56.7 Å². The highest BCUT2D eigenvalue weighted by Crippen LogP contribution is 2.73. The SMILES string of the molecule is CC(C)C1=C2C3CCC4[C@@](C)(CCC5C(C)(C)[C@@H](OC(=O)CC(C)(C)C(=O)O)CC[C@@]54C)C3CCC2(C(=O)Nc2nn[nH]n2)CC1=O. The Hall–Kier alpha value is -3.11. The number of esters is 1. The average molecular weight is 652 g/mol. The molecule has 0 aliphatic heterocycles. The van der Waals surface area contributed by atoms with E-state index in [0.29, 0.717) is 24.2 Å². The molecule has 11 nitrogen and oxygen atoms in total. The molecule has 0 radical (unpaired) electrons. The lowest BCUT2D eigenvalue weighted by Crippen LogP contribution is -2.63. The number of aromatic nitrogens is 4. The molecule has 0 aromatic carbocycles. The molecule has 0 spiro atoms. The molecule has 11 heteroatoms. The first-order valence-corrected chi connectivity index (χ1v) is 17.6. The van der Waals surface area contributed by atoms with Gasteiger partial charge in [0.15, 0.2) is 5.78 Å². The van der Waals surface area contributed by atoms with E-state index in [1.165, 1.54) is 0 Å². The smallest absolute Gasteiger partial charge is 0.309 e. The lowest BCUT2D eigenvalue weighted by atomic mass is 9.36. The number of nitrogens with zero attached hydrogens (tertiary/aromatic N) is 3. The second kappa shape index (κ2) is 11.2. The quantitative estimate of drug-likeness (QED) is 0.294. The van der Waals surface area contributed by atoms with Gasteiger partial charge < -0.3 is 9.84 Å². The largest absolute Gasteiger partial charge is 0.481 e. The van der Waals surface area contributed by atoms with Gasteiger partial charge in [0.2, 0.25) is 5.91 Å². The lowest BCUT2D eigenvalue weighted by molar-refractivity contribution is -0.213. The summed E-state index contributed by atoms with van der Waals surface area (Å²) in [5.41, 5.74) is -0.250. The summed E-state index contributed by atoms with van der Waals surface area (Å²) >= 11 is 0. The highest BCUT2D eigenvalue weighted by atomic mass is 16.5. The van der Waals surface area contributed by atoms with Crippen LogP contribution in [0.4, 0.5) is 5.95 Å². The molecule has 5 aliphatic carbocycles. The highest BCUT2D eigenvalue weighted by Gasteiger charge is 2.67. The summed E-state index contributed by atoms with van der Waals surface area (Å²) in [6, 6.07) is 0. The Bertz CT molecular complexity index is 1500. The summed E-state index contributed by atoms with van der Waals surface area (Å²) in [6.07, 6.45) is 7.10. The normalized spacial score (nSPS) is 37.8.